The van der Waals surface area contributed by atoms with E-state index in [1.807, 2.05) is 6.92 Å². The molecule has 6 nitrogen and oxygen atoms in total. The lowest BCUT2D eigenvalue weighted by atomic mass is 10.2. The highest BCUT2D eigenvalue weighted by Crippen LogP contribution is 2.17. The number of hydrazone groups is 1. The lowest BCUT2D eigenvalue weighted by Gasteiger charge is -1.99. The second-order valence-corrected chi connectivity index (χ2v) is 5.77. The van der Waals surface area contributed by atoms with Crippen LogP contribution in [0.5, 0.6) is 0 Å². The Morgan fingerprint density at radius 2 is 2.09 bits per heavy atom. The number of carbonyl (C=O) groups excluding carboxylic acids is 1. The number of rotatable bonds is 3. The van der Waals surface area contributed by atoms with E-state index < -0.39 is 5.91 Å². The maximum atomic E-state index is 12.8. The van der Waals surface area contributed by atoms with Gasteiger partial charge in [-0.1, -0.05) is 23.5 Å². The number of hydrogen-bond donors (Lipinski definition) is 1. The van der Waals surface area contributed by atoms with Gasteiger partial charge in [0, 0.05) is 0 Å². The molecule has 1 aromatic carbocycles. The van der Waals surface area contributed by atoms with Crippen LogP contribution in [-0.2, 0) is 0 Å². The van der Waals surface area contributed by atoms with Gasteiger partial charge in [-0.05, 0) is 31.5 Å². The first-order valence-electron chi connectivity index (χ1n) is 6.46. The zero-order valence-electron chi connectivity index (χ0n) is 11.9. The molecule has 0 aliphatic heterocycles. The van der Waals surface area contributed by atoms with Crippen LogP contribution in [-0.4, -0.2) is 26.7 Å². The quantitative estimate of drug-likeness (QED) is 0.595. The molecule has 0 saturated heterocycles. The number of imidazole rings is 1. The number of fused-ring (bicyclic) bond motifs is 1. The third kappa shape index (κ3) is 2.73. The summed E-state index contributed by atoms with van der Waals surface area (Å²) in [4.78, 5) is 17.2. The second-order valence-electron chi connectivity index (χ2n) is 4.61. The predicted octanol–water partition coefficient (Wildman–Crippen LogP) is 2.31. The van der Waals surface area contributed by atoms with Crippen LogP contribution >= 0.6 is 11.3 Å². The molecule has 1 amide bonds. The lowest BCUT2D eigenvalue weighted by molar-refractivity contribution is 0.0947. The van der Waals surface area contributed by atoms with Crippen molar-refractivity contribution in [1.29, 1.82) is 0 Å². The highest BCUT2D eigenvalue weighted by molar-refractivity contribution is 7.16. The molecular weight excluding hydrogens is 305 g/mol. The molecule has 112 valence electrons. The average molecular weight is 317 g/mol. The maximum absolute atomic E-state index is 12.8. The molecule has 0 radical (unpaired) electrons. The molecule has 8 heteroatoms. The van der Waals surface area contributed by atoms with Gasteiger partial charge >= 0.3 is 0 Å². The Morgan fingerprint density at radius 1 is 1.36 bits per heavy atom. The van der Waals surface area contributed by atoms with E-state index >= 15 is 0 Å². The summed E-state index contributed by atoms with van der Waals surface area (Å²) < 4.78 is 14.3. The summed E-state index contributed by atoms with van der Waals surface area (Å²) in [6.07, 6.45) is 1.44. The fourth-order valence-electron chi connectivity index (χ4n) is 1.97. The van der Waals surface area contributed by atoms with Gasteiger partial charge in [0.2, 0.25) is 4.96 Å². The molecule has 0 aliphatic carbocycles. The molecule has 0 aliphatic rings. The van der Waals surface area contributed by atoms with E-state index in [0.29, 0.717) is 21.9 Å². The van der Waals surface area contributed by atoms with Gasteiger partial charge in [-0.3, -0.25) is 4.79 Å². The zero-order valence-corrected chi connectivity index (χ0v) is 12.7. The van der Waals surface area contributed by atoms with Crippen molar-refractivity contribution in [2.45, 2.75) is 13.8 Å². The van der Waals surface area contributed by atoms with Gasteiger partial charge in [-0.15, -0.1) is 0 Å². The van der Waals surface area contributed by atoms with E-state index in [4.69, 9.17) is 0 Å². The summed E-state index contributed by atoms with van der Waals surface area (Å²) in [5, 5.41) is 8.94. The third-order valence-electron chi connectivity index (χ3n) is 2.94. The molecule has 1 N–H and O–H groups in total. The van der Waals surface area contributed by atoms with Crippen LogP contribution < -0.4 is 5.43 Å². The van der Waals surface area contributed by atoms with Crippen molar-refractivity contribution in [2.75, 3.05) is 0 Å². The molecule has 0 bridgehead atoms. The number of carbonyl (C=O) groups is 1. The van der Waals surface area contributed by atoms with Crippen LogP contribution in [0.4, 0.5) is 4.39 Å². The minimum Gasteiger partial charge on any atom is -0.265 e. The van der Waals surface area contributed by atoms with Crippen molar-refractivity contribution in [2.24, 2.45) is 5.10 Å². The summed E-state index contributed by atoms with van der Waals surface area (Å²) in [5.74, 6) is -0.717. The first-order chi connectivity index (χ1) is 10.5. The predicted molar refractivity (Wildman–Crippen MR) is 81.8 cm³/mol. The topological polar surface area (TPSA) is 71.7 Å². The number of nitrogens with one attached hydrogen (secondary N) is 1. The molecule has 0 fully saturated rings. The molecule has 0 atom stereocenters. The molecule has 22 heavy (non-hydrogen) atoms. The van der Waals surface area contributed by atoms with Crippen LogP contribution in [0.3, 0.4) is 0 Å². The Balaban J connectivity index is 1.78. The van der Waals surface area contributed by atoms with E-state index in [1.165, 1.54) is 34.2 Å². The number of aromatic nitrogens is 3. The number of halogens is 1. The number of benzene rings is 1. The third-order valence-corrected chi connectivity index (χ3v) is 3.77. The van der Waals surface area contributed by atoms with Gasteiger partial charge in [0.25, 0.3) is 5.91 Å². The molecule has 3 rings (SSSR count). The first-order valence-corrected chi connectivity index (χ1v) is 7.28. The summed E-state index contributed by atoms with van der Waals surface area (Å²) in [6.45, 7) is 3.60. The van der Waals surface area contributed by atoms with Crippen molar-refractivity contribution < 1.29 is 9.18 Å². The second kappa shape index (κ2) is 5.64. The lowest BCUT2D eigenvalue weighted by Crippen LogP contribution is -2.20. The van der Waals surface area contributed by atoms with E-state index in [0.717, 1.165) is 5.01 Å². The Hall–Kier alpha value is -2.61. The normalized spacial score (nSPS) is 11.4. The number of hydrogen-bond acceptors (Lipinski definition) is 5. The Labute approximate surface area is 129 Å². The summed E-state index contributed by atoms with van der Waals surface area (Å²) in [6, 6.07) is 5.78. The summed E-state index contributed by atoms with van der Waals surface area (Å²) in [7, 11) is 0. The highest BCUT2D eigenvalue weighted by Gasteiger charge is 2.18. The summed E-state index contributed by atoms with van der Waals surface area (Å²) >= 11 is 1.41. The molecule has 3 aromatic rings. The van der Waals surface area contributed by atoms with Gasteiger partial charge in [0.05, 0.1) is 11.9 Å². The smallest absolute Gasteiger partial charge is 0.265 e. The summed E-state index contributed by atoms with van der Waals surface area (Å²) in [5.41, 5.74) is 4.06. The Bertz CT molecular complexity index is 865. The van der Waals surface area contributed by atoms with Gasteiger partial charge in [-0.25, -0.2) is 14.8 Å². The fourth-order valence-corrected chi connectivity index (χ4v) is 2.76. The Kier molecular flexibility index (Phi) is 3.68. The highest BCUT2D eigenvalue weighted by atomic mass is 32.1. The molecule has 0 saturated carbocycles. The SMILES string of the molecule is Cc1nn2c(C(=O)N/N=C/c3ccc(F)cc3)c(C)nc2s1. The van der Waals surface area contributed by atoms with E-state index in [2.05, 4.69) is 20.6 Å². The largest absolute Gasteiger partial charge is 0.292 e. The van der Waals surface area contributed by atoms with Crippen molar-refractivity contribution in [3.8, 4) is 0 Å². The van der Waals surface area contributed by atoms with E-state index in [1.54, 1.807) is 19.1 Å². The average Bonchev–Trinajstić information content (AvgIpc) is 2.95. The molecule has 0 spiro atoms. The molecular formula is C14H12FN5OS. The van der Waals surface area contributed by atoms with Gasteiger partial charge in [-0.2, -0.15) is 14.7 Å². The maximum Gasteiger partial charge on any atom is 0.292 e. The van der Waals surface area contributed by atoms with Gasteiger partial charge < -0.3 is 0 Å². The van der Waals surface area contributed by atoms with Crippen LogP contribution in [0.2, 0.25) is 0 Å². The molecule has 2 heterocycles. The van der Waals surface area contributed by atoms with Gasteiger partial charge in [0.1, 0.15) is 10.8 Å². The monoisotopic (exact) mass is 317 g/mol. The van der Waals surface area contributed by atoms with Crippen LogP contribution in [0.25, 0.3) is 4.96 Å². The molecule has 0 unspecified atom stereocenters. The van der Waals surface area contributed by atoms with Crippen molar-refractivity contribution in [1.82, 2.24) is 20.0 Å². The van der Waals surface area contributed by atoms with Crippen LogP contribution in [0.15, 0.2) is 29.4 Å². The van der Waals surface area contributed by atoms with Crippen molar-refractivity contribution >= 4 is 28.4 Å². The van der Waals surface area contributed by atoms with Gasteiger partial charge in [0.15, 0.2) is 5.69 Å². The minimum absolute atomic E-state index is 0.322. The van der Waals surface area contributed by atoms with Crippen LogP contribution in [0.1, 0.15) is 26.8 Å². The van der Waals surface area contributed by atoms with Crippen LogP contribution in [0, 0.1) is 19.7 Å². The standard InChI is InChI=1S/C14H12FN5OS/c1-8-12(20-14(17-8)22-9(2)19-20)13(21)18-16-7-10-3-5-11(15)6-4-10/h3-7H,1-2H3,(H,18,21)/b16-7+. The van der Waals surface area contributed by atoms with Crippen molar-refractivity contribution in [3.05, 3.63) is 52.0 Å². The number of nitrogens with zero attached hydrogens (tertiary/aromatic N) is 4. The Morgan fingerprint density at radius 3 is 2.82 bits per heavy atom. The van der Waals surface area contributed by atoms with E-state index in [9.17, 15) is 9.18 Å². The zero-order chi connectivity index (χ0) is 15.7. The van der Waals surface area contributed by atoms with E-state index in [-0.39, 0.29) is 5.82 Å². The fraction of sp³-hybridized carbons (Fsp3) is 0.143. The minimum atomic E-state index is -0.395. The molecule has 2 aromatic heterocycles. The number of amides is 1. The first kappa shape index (κ1) is 14.3. The number of aryl methyl sites for hydroxylation is 2. The van der Waals surface area contributed by atoms with Crippen molar-refractivity contribution in [3.63, 3.8) is 0 Å².